The second kappa shape index (κ2) is 6.17. The first kappa shape index (κ1) is 15.2. The molecular weight excluding hydrogens is 296 g/mol. The number of carbonyl (C=O) groups excluding carboxylic acids is 1. The number of hydrogen-bond acceptors (Lipinski definition) is 1. The fourth-order valence-corrected chi connectivity index (χ4v) is 3.09. The molecule has 22 heavy (non-hydrogen) atoms. The Kier molecular flexibility index (Phi) is 4.25. The molecule has 1 N–H and O–H groups in total. The van der Waals surface area contributed by atoms with Gasteiger partial charge in [-0.2, -0.15) is 0 Å². The maximum Gasteiger partial charge on any atom is 0.224 e. The van der Waals surface area contributed by atoms with Gasteiger partial charge in [0.2, 0.25) is 5.91 Å². The van der Waals surface area contributed by atoms with Gasteiger partial charge in [-0.25, -0.2) is 0 Å². The zero-order chi connectivity index (χ0) is 15.7. The van der Waals surface area contributed by atoms with Gasteiger partial charge in [-0.3, -0.25) is 4.79 Å². The third kappa shape index (κ3) is 3.36. The summed E-state index contributed by atoms with van der Waals surface area (Å²) in [7, 11) is 0. The molecule has 2 aromatic rings. The molecule has 116 valence electrons. The van der Waals surface area contributed by atoms with Gasteiger partial charge in [0.25, 0.3) is 0 Å². The second-order valence-electron chi connectivity index (χ2n) is 6.08. The Bertz CT molecular complexity index is 684. The van der Waals surface area contributed by atoms with Crippen molar-refractivity contribution in [2.24, 2.45) is 0 Å². The number of nitrogens with one attached hydrogen (secondary N) is 1. The lowest BCUT2D eigenvalue weighted by atomic mass is 10.1. The maximum absolute atomic E-state index is 12.1. The van der Waals surface area contributed by atoms with Crippen LogP contribution in [-0.4, -0.2) is 10.5 Å². The van der Waals surface area contributed by atoms with Crippen molar-refractivity contribution < 1.29 is 4.79 Å². The molecule has 0 bridgehead atoms. The van der Waals surface area contributed by atoms with Crippen molar-refractivity contribution in [1.29, 1.82) is 0 Å². The van der Waals surface area contributed by atoms with Crippen molar-refractivity contribution in [3.05, 3.63) is 57.9 Å². The molecule has 1 aromatic heterocycles. The summed E-state index contributed by atoms with van der Waals surface area (Å²) in [5.74, 6) is 0.0403. The quantitative estimate of drug-likeness (QED) is 0.890. The zero-order valence-corrected chi connectivity index (χ0v) is 13.8. The highest BCUT2D eigenvalue weighted by Crippen LogP contribution is 2.38. The first-order valence-corrected chi connectivity index (χ1v) is 8.11. The lowest BCUT2D eigenvalue weighted by Gasteiger charge is -2.09. The number of nitrogens with zero attached hydrogens (tertiary/aromatic N) is 1. The Hall–Kier alpha value is -1.74. The number of carbonyl (C=O) groups is 1. The van der Waals surface area contributed by atoms with E-state index in [9.17, 15) is 4.79 Å². The Labute approximate surface area is 136 Å². The van der Waals surface area contributed by atoms with Crippen LogP contribution in [-0.2, 0) is 17.8 Å². The average Bonchev–Trinajstić information content (AvgIpc) is 3.26. The Balaban J connectivity index is 1.59. The van der Waals surface area contributed by atoms with E-state index in [0.717, 1.165) is 5.56 Å². The van der Waals surface area contributed by atoms with Crippen molar-refractivity contribution in [2.45, 2.75) is 45.7 Å². The van der Waals surface area contributed by atoms with Crippen LogP contribution in [0.3, 0.4) is 0 Å². The predicted octanol–water partition coefficient (Wildman–Crippen LogP) is 3.95. The molecule has 4 heteroatoms. The summed E-state index contributed by atoms with van der Waals surface area (Å²) in [6.45, 7) is 4.88. The van der Waals surface area contributed by atoms with Crippen molar-refractivity contribution in [3.63, 3.8) is 0 Å². The van der Waals surface area contributed by atoms with Gasteiger partial charge in [-0.05, 0) is 56.0 Å². The molecular formula is C18H21ClN2O. The first-order chi connectivity index (χ1) is 10.5. The standard InChI is InChI=1S/C18H21ClN2O/c1-12-9-15(13(2)21(12)17-7-8-17)11-20-18(22)10-14-3-5-16(19)6-4-14/h3-6,9,17H,7-8,10-11H2,1-2H3,(H,20,22). The van der Waals surface area contributed by atoms with Crippen molar-refractivity contribution in [3.8, 4) is 0 Å². The fraction of sp³-hybridized carbons (Fsp3) is 0.389. The molecule has 0 radical (unpaired) electrons. The van der Waals surface area contributed by atoms with E-state index in [4.69, 9.17) is 11.6 Å². The number of aromatic nitrogens is 1. The van der Waals surface area contributed by atoms with Crippen molar-refractivity contribution >= 4 is 17.5 Å². The topological polar surface area (TPSA) is 34.0 Å². The van der Waals surface area contributed by atoms with Gasteiger partial charge in [0, 0.05) is 29.0 Å². The summed E-state index contributed by atoms with van der Waals surface area (Å²) in [6.07, 6.45) is 2.94. The van der Waals surface area contributed by atoms with Crippen LogP contribution in [0.25, 0.3) is 0 Å². The van der Waals surface area contributed by atoms with E-state index < -0.39 is 0 Å². The van der Waals surface area contributed by atoms with Crippen LogP contribution in [0, 0.1) is 13.8 Å². The predicted molar refractivity (Wildman–Crippen MR) is 89.2 cm³/mol. The van der Waals surface area contributed by atoms with E-state index in [1.165, 1.54) is 29.8 Å². The van der Waals surface area contributed by atoms with Gasteiger partial charge in [0.15, 0.2) is 0 Å². The van der Waals surface area contributed by atoms with Gasteiger partial charge < -0.3 is 9.88 Å². The van der Waals surface area contributed by atoms with E-state index in [1.54, 1.807) is 0 Å². The minimum absolute atomic E-state index is 0.0403. The molecule has 0 spiro atoms. The third-order valence-corrected chi connectivity index (χ3v) is 4.51. The minimum atomic E-state index is 0.0403. The summed E-state index contributed by atoms with van der Waals surface area (Å²) in [5.41, 5.74) is 4.77. The lowest BCUT2D eigenvalue weighted by molar-refractivity contribution is -0.120. The number of amides is 1. The average molecular weight is 317 g/mol. The fourth-order valence-electron chi connectivity index (χ4n) is 2.96. The molecule has 3 nitrogen and oxygen atoms in total. The van der Waals surface area contributed by atoms with E-state index in [1.807, 2.05) is 24.3 Å². The summed E-state index contributed by atoms with van der Waals surface area (Å²) < 4.78 is 2.40. The zero-order valence-electron chi connectivity index (χ0n) is 13.0. The largest absolute Gasteiger partial charge is 0.352 e. The van der Waals surface area contributed by atoms with Crippen LogP contribution >= 0.6 is 11.6 Å². The highest BCUT2D eigenvalue weighted by Gasteiger charge is 2.26. The normalized spacial score (nSPS) is 14.1. The molecule has 1 aliphatic rings. The summed E-state index contributed by atoms with van der Waals surface area (Å²) >= 11 is 5.85. The Morgan fingerprint density at radius 3 is 2.59 bits per heavy atom. The lowest BCUT2D eigenvalue weighted by Crippen LogP contribution is -2.24. The third-order valence-electron chi connectivity index (χ3n) is 4.26. The van der Waals surface area contributed by atoms with Gasteiger partial charge >= 0.3 is 0 Å². The van der Waals surface area contributed by atoms with Crippen LogP contribution < -0.4 is 5.32 Å². The van der Waals surface area contributed by atoms with Gasteiger partial charge in [0.05, 0.1) is 6.42 Å². The summed E-state index contributed by atoms with van der Waals surface area (Å²) in [4.78, 5) is 12.1. The van der Waals surface area contributed by atoms with E-state index in [-0.39, 0.29) is 5.91 Å². The Morgan fingerprint density at radius 2 is 1.95 bits per heavy atom. The van der Waals surface area contributed by atoms with Crippen molar-refractivity contribution in [1.82, 2.24) is 9.88 Å². The molecule has 0 unspecified atom stereocenters. The molecule has 1 aromatic carbocycles. The van der Waals surface area contributed by atoms with Crippen LogP contribution in [0.15, 0.2) is 30.3 Å². The van der Waals surface area contributed by atoms with Crippen LogP contribution in [0.5, 0.6) is 0 Å². The van der Waals surface area contributed by atoms with Gasteiger partial charge in [-0.1, -0.05) is 23.7 Å². The number of halogens is 1. The molecule has 0 aliphatic heterocycles. The monoisotopic (exact) mass is 316 g/mol. The molecule has 1 saturated carbocycles. The highest BCUT2D eigenvalue weighted by molar-refractivity contribution is 6.30. The number of benzene rings is 1. The molecule has 0 saturated heterocycles. The molecule has 0 atom stereocenters. The number of rotatable bonds is 5. The van der Waals surface area contributed by atoms with Gasteiger partial charge in [0.1, 0.15) is 0 Å². The minimum Gasteiger partial charge on any atom is -0.352 e. The number of hydrogen-bond donors (Lipinski definition) is 1. The smallest absolute Gasteiger partial charge is 0.224 e. The molecule has 3 rings (SSSR count). The SMILES string of the molecule is Cc1cc(CNC(=O)Cc2ccc(Cl)cc2)c(C)n1C1CC1. The van der Waals surface area contributed by atoms with E-state index in [2.05, 4.69) is 29.8 Å². The maximum atomic E-state index is 12.1. The highest BCUT2D eigenvalue weighted by atomic mass is 35.5. The molecule has 1 heterocycles. The molecule has 1 amide bonds. The summed E-state index contributed by atoms with van der Waals surface area (Å²) in [6, 6.07) is 10.3. The molecule has 1 aliphatic carbocycles. The summed E-state index contributed by atoms with van der Waals surface area (Å²) in [5, 5.41) is 3.71. The van der Waals surface area contributed by atoms with Crippen LogP contribution in [0.2, 0.25) is 5.02 Å². The second-order valence-corrected chi connectivity index (χ2v) is 6.51. The van der Waals surface area contributed by atoms with E-state index in [0.29, 0.717) is 24.0 Å². The van der Waals surface area contributed by atoms with Crippen molar-refractivity contribution in [2.75, 3.05) is 0 Å². The Morgan fingerprint density at radius 1 is 1.27 bits per heavy atom. The number of aryl methyl sites for hydroxylation is 1. The van der Waals surface area contributed by atoms with Crippen LogP contribution in [0.1, 0.15) is 41.4 Å². The van der Waals surface area contributed by atoms with E-state index >= 15 is 0 Å². The van der Waals surface area contributed by atoms with Crippen LogP contribution in [0.4, 0.5) is 0 Å². The molecule has 1 fully saturated rings. The van der Waals surface area contributed by atoms with Gasteiger partial charge in [-0.15, -0.1) is 0 Å². The first-order valence-electron chi connectivity index (χ1n) is 7.73.